The van der Waals surface area contributed by atoms with Crippen molar-refractivity contribution in [2.75, 3.05) is 6.54 Å². The van der Waals surface area contributed by atoms with Crippen molar-refractivity contribution in [3.8, 4) is 0 Å². The second-order valence-electron chi connectivity index (χ2n) is 5.27. The fraction of sp³-hybridized carbons (Fsp3) is 0.375. The number of nitrogens with two attached hydrogens (primary N) is 1. The van der Waals surface area contributed by atoms with Crippen molar-refractivity contribution in [1.29, 1.82) is 0 Å². The number of amides is 1. The van der Waals surface area contributed by atoms with Gasteiger partial charge in [-0.05, 0) is 18.0 Å². The van der Waals surface area contributed by atoms with Gasteiger partial charge in [0, 0.05) is 11.8 Å². The van der Waals surface area contributed by atoms with Crippen molar-refractivity contribution in [2.24, 2.45) is 11.7 Å². The minimum absolute atomic E-state index is 0.0154. The highest BCUT2D eigenvalue weighted by atomic mass is 32.1. The first kappa shape index (κ1) is 15.7. The van der Waals surface area contributed by atoms with Gasteiger partial charge in [0.1, 0.15) is 5.69 Å². The van der Waals surface area contributed by atoms with Gasteiger partial charge in [0.25, 0.3) is 5.91 Å². The molecule has 0 saturated carbocycles. The third-order valence-corrected chi connectivity index (χ3v) is 4.16. The fourth-order valence-corrected chi connectivity index (χ4v) is 2.96. The highest BCUT2D eigenvalue weighted by Gasteiger charge is 2.20. The molecule has 0 radical (unpaired) electrons. The van der Waals surface area contributed by atoms with Crippen molar-refractivity contribution in [3.05, 3.63) is 52.0 Å². The van der Waals surface area contributed by atoms with Gasteiger partial charge < -0.3 is 11.1 Å². The smallest absolute Gasteiger partial charge is 0.271 e. The lowest BCUT2D eigenvalue weighted by atomic mass is 9.96. The molecule has 2 rings (SSSR count). The molecule has 1 amide bonds. The van der Waals surface area contributed by atoms with Gasteiger partial charge in [-0.25, -0.2) is 4.98 Å². The van der Waals surface area contributed by atoms with Crippen molar-refractivity contribution in [2.45, 2.75) is 26.3 Å². The molecule has 5 heteroatoms. The van der Waals surface area contributed by atoms with Gasteiger partial charge in [-0.1, -0.05) is 44.2 Å². The van der Waals surface area contributed by atoms with Crippen LogP contribution >= 0.6 is 11.3 Å². The predicted octanol–water partition coefficient (Wildman–Crippen LogP) is 2.77. The molecule has 3 N–H and O–H groups in total. The molecule has 1 aromatic heterocycles. The Labute approximate surface area is 129 Å². The second-order valence-corrected chi connectivity index (χ2v) is 6.21. The van der Waals surface area contributed by atoms with E-state index < -0.39 is 0 Å². The monoisotopic (exact) mass is 303 g/mol. The minimum Gasteiger partial charge on any atom is -0.344 e. The highest BCUT2D eigenvalue weighted by molar-refractivity contribution is 7.09. The van der Waals surface area contributed by atoms with Gasteiger partial charge in [-0.15, -0.1) is 11.3 Å². The summed E-state index contributed by atoms with van der Waals surface area (Å²) in [6.07, 6.45) is 0.713. The van der Waals surface area contributed by atoms with Crippen LogP contribution < -0.4 is 11.1 Å². The molecule has 1 atom stereocenters. The number of benzene rings is 1. The van der Waals surface area contributed by atoms with Crippen molar-refractivity contribution in [1.82, 2.24) is 10.3 Å². The lowest BCUT2D eigenvalue weighted by molar-refractivity contribution is 0.0921. The van der Waals surface area contributed by atoms with Crippen LogP contribution in [0, 0.1) is 5.92 Å². The number of hydrogen-bond acceptors (Lipinski definition) is 4. The van der Waals surface area contributed by atoms with Gasteiger partial charge in [-0.2, -0.15) is 0 Å². The van der Waals surface area contributed by atoms with Crippen LogP contribution in [0.1, 0.15) is 40.9 Å². The second kappa shape index (κ2) is 7.33. The average Bonchev–Trinajstić information content (AvgIpc) is 2.94. The standard InChI is InChI=1S/C16H21N3OS/c1-11(2)15(12-6-4-3-5-7-12)19-16(20)13-10-21-14(18-13)8-9-17/h3-7,10-11,15H,8-9,17H2,1-2H3,(H,19,20). The molecule has 0 bridgehead atoms. The van der Waals surface area contributed by atoms with E-state index in [2.05, 4.69) is 24.1 Å². The van der Waals surface area contributed by atoms with Crippen LogP contribution in [0.15, 0.2) is 35.7 Å². The molecule has 21 heavy (non-hydrogen) atoms. The topological polar surface area (TPSA) is 68.0 Å². The molecule has 2 aromatic rings. The Morgan fingerprint density at radius 3 is 2.67 bits per heavy atom. The van der Waals surface area contributed by atoms with Crippen molar-refractivity contribution >= 4 is 17.2 Å². The van der Waals surface area contributed by atoms with E-state index in [1.54, 1.807) is 5.38 Å². The summed E-state index contributed by atoms with van der Waals surface area (Å²) < 4.78 is 0. The maximum absolute atomic E-state index is 12.4. The molecule has 0 aliphatic carbocycles. The summed E-state index contributed by atoms with van der Waals surface area (Å²) in [5.74, 6) is 0.176. The summed E-state index contributed by atoms with van der Waals surface area (Å²) in [6, 6.07) is 10.00. The van der Waals surface area contributed by atoms with Crippen molar-refractivity contribution < 1.29 is 4.79 Å². The van der Waals surface area contributed by atoms with E-state index >= 15 is 0 Å². The Bertz CT molecular complexity index is 580. The lowest BCUT2D eigenvalue weighted by Crippen LogP contribution is -2.32. The maximum Gasteiger partial charge on any atom is 0.271 e. The zero-order valence-corrected chi connectivity index (χ0v) is 13.2. The zero-order valence-electron chi connectivity index (χ0n) is 12.4. The average molecular weight is 303 g/mol. The number of carbonyl (C=O) groups excluding carboxylic acids is 1. The molecule has 1 heterocycles. The van der Waals surface area contributed by atoms with E-state index in [1.165, 1.54) is 11.3 Å². The Hall–Kier alpha value is -1.72. The number of thiazole rings is 1. The lowest BCUT2D eigenvalue weighted by Gasteiger charge is -2.22. The quantitative estimate of drug-likeness (QED) is 0.862. The van der Waals surface area contributed by atoms with Crippen LogP contribution in [0.4, 0.5) is 0 Å². The summed E-state index contributed by atoms with van der Waals surface area (Å²) in [6.45, 7) is 4.74. The van der Waals surface area contributed by atoms with E-state index in [4.69, 9.17) is 5.73 Å². The number of hydrogen-bond donors (Lipinski definition) is 2. The first-order valence-corrected chi connectivity index (χ1v) is 8.00. The van der Waals surface area contributed by atoms with Crippen LogP contribution in [-0.4, -0.2) is 17.4 Å². The van der Waals surface area contributed by atoms with Crippen LogP contribution in [0.3, 0.4) is 0 Å². The summed E-state index contributed by atoms with van der Waals surface area (Å²) in [4.78, 5) is 16.7. The summed E-state index contributed by atoms with van der Waals surface area (Å²) >= 11 is 1.48. The molecule has 1 unspecified atom stereocenters. The van der Waals surface area contributed by atoms with Gasteiger partial charge in [-0.3, -0.25) is 4.79 Å². The van der Waals surface area contributed by atoms with Crippen LogP contribution in [0.2, 0.25) is 0 Å². The third-order valence-electron chi connectivity index (χ3n) is 3.25. The summed E-state index contributed by atoms with van der Waals surface area (Å²) in [5, 5.41) is 5.78. The molecule has 0 fully saturated rings. The fourth-order valence-electron chi connectivity index (χ4n) is 2.16. The largest absolute Gasteiger partial charge is 0.344 e. The molecule has 0 spiro atoms. The molecule has 112 valence electrons. The van der Waals surface area contributed by atoms with Gasteiger partial charge >= 0.3 is 0 Å². The maximum atomic E-state index is 12.4. The normalized spacial score (nSPS) is 12.4. The number of aromatic nitrogens is 1. The van der Waals surface area contributed by atoms with Gasteiger partial charge in [0.15, 0.2) is 0 Å². The number of rotatable bonds is 6. The SMILES string of the molecule is CC(C)C(NC(=O)c1csc(CCN)n1)c1ccccc1. The van der Waals surface area contributed by atoms with E-state index in [1.807, 2.05) is 30.3 Å². The minimum atomic E-state index is -0.128. The number of carbonyl (C=O) groups is 1. The predicted molar refractivity (Wildman–Crippen MR) is 86.4 cm³/mol. The molecular formula is C16H21N3OS. The van der Waals surface area contributed by atoms with E-state index in [0.29, 0.717) is 24.6 Å². The van der Waals surface area contributed by atoms with Gasteiger partial charge in [0.2, 0.25) is 0 Å². The Kier molecular flexibility index (Phi) is 5.47. The first-order valence-electron chi connectivity index (χ1n) is 7.12. The van der Waals surface area contributed by atoms with Crippen molar-refractivity contribution in [3.63, 3.8) is 0 Å². The zero-order chi connectivity index (χ0) is 15.2. The first-order chi connectivity index (χ1) is 10.1. The van der Waals surface area contributed by atoms with Crippen LogP contribution in [0.25, 0.3) is 0 Å². The molecule has 4 nitrogen and oxygen atoms in total. The molecule has 0 aliphatic rings. The van der Waals surface area contributed by atoms with E-state index in [-0.39, 0.29) is 11.9 Å². The Balaban J connectivity index is 2.11. The Morgan fingerprint density at radius 1 is 1.33 bits per heavy atom. The molecule has 0 aliphatic heterocycles. The number of nitrogens with one attached hydrogen (secondary N) is 1. The van der Waals surface area contributed by atoms with Crippen LogP contribution in [0.5, 0.6) is 0 Å². The summed E-state index contributed by atoms with van der Waals surface area (Å²) in [5.41, 5.74) is 7.09. The highest BCUT2D eigenvalue weighted by Crippen LogP contribution is 2.22. The van der Waals surface area contributed by atoms with E-state index in [0.717, 1.165) is 10.6 Å². The van der Waals surface area contributed by atoms with Gasteiger partial charge in [0.05, 0.1) is 11.0 Å². The molecule has 0 saturated heterocycles. The molecule has 1 aromatic carbocycles. The van der Waals surface area contributed by atoms with E-state index in [9.17, 15) is 4.79 Å². The Morgan fingerprint density at radius 2 is 2.05 bits per heavy atom. The molecular weight excluding hydrogens is 282 g/mol. The number of nitrogens with zero attached hydrogens (tertiary/aromatic N) is 1. The summed E-state index contributed by atoms with van der Waals surface area (Å²) in [7, 11) is 0. The van der Waals surface area contributed by atoms with Crippen LogP contribution in [-0.2, 0) is 6.42 Å². The third kappa shape index (κ3) is 4.12.